The number of benzene rings is 1. The molecule has 0 unspecified atom stereocenters. The summed E-state index contributed by atoms with van der Waals surface area (Å²) in [7, 11) is 0. The van der Waals surface area contributed by atoms with E-state index >= 15 is 0 Å². The van der Waals surface area contributed by atoms with Gasteiger partial charge in [0.25, 0.3) is 0 Å². The number of nitrogens with zero attached hydrogens (tertiary/aromatic N) is 3. The van der Waals surface area contributed by atoms with E-state index < -0.39 is 0 Å². The fourth-order valence-corrected chi connectivity index (χ4v) is 3.70. The van der Waals surface area contributed by atoms with Crippen LogP contribution < -0.4 is 4.74 Å². The standard InChI is InChI=1S/C25H25N3O3S/c1-2-4-8-22(7-3-1)29-15-17-32-16-13-24-27-28-25(31-24)21-9-11-23(12-10-21)30-19-20-6-5-14-26-18-20/h1-7,9-12,14,18H,8,13,15-17,19H2. The van der Waals surface area contributed by atoms with Crippen LogP contribution in [0.2, 0.25) is 0 Å². The van der Waals surface area contributed by atoms with Crippen molar-refractivity contribution in [3.05, 3.63) is 96.4 Å². The maximum absolute atomic E-state index is 5.81. The Kier molecular flexibility index (Phi) is 8.15. The molecular weight excluding hydrogens is 422 g/mol. The molecule has 0 bridgehead atoms. The van der Waals surface area contributed by atoms with Crippen molar-refractivity contribution in [3.63, 3.8) is 0 Å². The molecule has 1 aromatic carbocycles. The van der Waals surface area contributed by atoms with E-state index in [-0.39, 0.29) is 0 Å². The number of thioether (sulfide) groups is 1. The number of aryl methyl sites for hydroxylation is 1. The van der Waals surface area contributed by atoms with Crippen molar-refractivity contribution < 1.29 is 13.9 Å². The number of allylic oxidation sites excluding steroid dienone is 5. The van der Waals surface area contributed by atoms with Crippen molar-refractivity contribution in [2.45, 2.75) is 19.4 Å². The molecule has 0 aliphatic heterocycles. The Morgan fingerprint density at radius 1 is 0.969 bits per heavy atom. The second kappa shape index (κ2) is 11.9. The molecule has 0 amide bonds. The van der Waals surface area contributed by atoms with E-state index in [1.54, 1.807) is 12.4 Å². The molecule has 0 spiro atoms. The van der Waals surface area contributed by atoms with Gasteiger partial charge in [-0.05, 0) is 36.4 Å². The lowest BCUT2D eigenvalue weighted by Crippen LogP contribution is -1.99. The minimum atomic E-state index is 0.478. The molecule has 1 aliphatic carbocycles. The summed E-state index contributed by atoms with van der Waals surface area (Å²) < 4.78 is 17.4. The van der Waals surface area contributed by atoms with Crippen molar-refractivity contribution in [1.82, 2.24) is 15.2 Å². The molecule has 0 radical (unpaired) electrons. The highest BCUT2D eigenvalue weighted by Gasteiger charge is 2.09. The smallest absolute Gasteiger partial charge is 0.247 e. The molecule has 0 saturated carbocycles. The zero-order valence-electron chi connectivity index (χ0n) is 17.7. The fraction of sp³-hybridized carbons (Fsp3) is 0.240. The number of rotatable bonds is 11. The minimum Gasteiger partial charge on any atom is -0.497 e. The van der Waals surface area contributed by atoms with Crippen LogP contribution in [0, 0.1) is 0 Å². The third-order valence-electron chi connectivity index (χ3n) is 4.63. The van der Waals surface area contributed by atoms with E-state index in [2.05, 4.69) is 21.3 Å². The van der Waals surface area contributed by atoms with E-state index in [1.807, 2.05) is 72.5 Å². The topological polar surface area (TPSA) is 70.3 Å². The average Bonchev–Trinajstić information content (AvgIpc) is 3.16. The molecule has 2 aromatic heterocycles. The Morgan fingerprint density at radius 3 is 2.78 bits per heavy atom. The van der Waals surface area contributed by atoms with E-state index in [4.69, 9.17) is 13.9 Å². The number of pyridine rings is 1. The normalized spacial score (nSPS) is 12.9. The Balaban J connectivity index is 1.17. The maximum Gasteiger partial charge on any atom is 0.247 e. The molecule has 2 heterocycles. The summed E-state index contributed by atoms with van der Waals surface area (Å²) in [6.45, 7) is 1.18. The lowest BCUT2D eigenvalue weighted by Gasteiger charge is -2.07. The summed E-state index contributed by atoms with van der Waals surface area (Å²) in [6, 6.07) is 11.5. The van der Waals surface area contributed by atoms with Gasteiger partial charge in [-0.25, -0.2) is 0 Å². The van der Waals surface area contributed by atoms with Gasteiger partial charge in [0.05, 0.1) is 12.4 Å². The van der Waals surface area contributed by atoms with Crippen LogP contribution in [0.3, 0.4) is 0 Å². The van der Waals surface area contributed by atoms with Crippen molar-refractivity contribution in [1.29, 1.82) is 0 Å². The Labute approximate surface area is 192 Å². The van der Waals surface area contributed by atoms with Crippen LogP contribution in [0.25, 0.3) is 11.5 Å². The molecule has 164 valence electrons. The molecule has 0 N–H and O–H groups in total. The summed E-state index contributed by atoms with van der Waals surface area (Å²) >= 11 is 1.82. The number of hydrogen-bond acceptors (Lipinski definition) is 7. The molecule has 3 aromatic rings. The van der Waals surface area contributed by atoms with Crippen molar-refractivity contribution >= 4 is 11.8 Å². The monoisotopic (exact) mass is 447 g/mol. The molecule has 7 heteroatoms. The second-order valence-corrected chi connectivity index (χ2v) is 8.26. The summed E-state index contributed by atoms with van der Waals surface area (Å²) in [4.78, 5) is 4.09. The van der Waals surface area contributed by atoms with Gasteiger partial charge in [0.15, 0.2) is 0 Å². The van der Waals surface area contributed by atoms with E-state index in [9.17, 15) is 0 Å². The zero-order valence-corrected chi connectivity index (χ0v) is 18.5. The molecule has 0 fully saturated rings. The van der Waals surface area contributed by atoms with Gasteiger partial charge >= 0.3 is 0 Å². The van der Waals surface area contributed by atoms with Crippen LogP contribution in [-0.4, -0.2) is 33.3 Å². The van der Waals surface area contributed by atoms with Crippen LogP contribution >= 0.6 is 11.8 Å². The largest absolute Gasteiger partial charge is 0.497 e. The fourth-order valence-electron chi connectivity index (χ4n) is 2.97. The number of ether oxygens (including phenoxy) is 2. The summed E-state index contributed by atoms with van der Waals surface area (Å²) in [5.74, 6) is 4.78. The zero-order chi connectivity index (χ0) is 21.8. The first-order chi connectivity index (χ1) is 15.9. The van der Waals surface area contributed by atoms with Crippen LogP contribution in [0.15, 0.2) is 89.3 Å². The van der Waals surface area contributed by atoms with Gasteiger partial charge in [-0.3, -0.25) is 4.98 Å². The Bertz CT molecular complexity index is 1060. The van der Waals surface area contributed by atoms with Gasteiger partial charge in [-0.2, -0.15) is 11.8 Å². The van der Waals surface area contributed by atoms with Crippen molar-refractivity contribution in [3.8, 4) is 17.2 Å². The highest BCUT2D eigenvalue weighted by molar-refractivity contribution is 7.99. The predicted molar refractivity (Wildman–Crippen MR) is 126 cm³/mol. The van der Waals surface area contributed by atoms with Crippen LogP contribution in [0.4, 0.5) is 0 Å². The highest BCUT2D eigenvalue weighted by atomic mass is 32.2. The quantitative estimate of drug-likeness (QED) is 0.364. The van der Waals surface area contributed by atoms with Gasteiger partial charge in [-0.1, -0.05) is 30.4 Å². The van der Waals surface area contributed by atoms with Crippen molar-refractivity contribution in [2.75, 3.05) is 18.1 Å². The first kappa shape index (κ1) is 21.9. The predicted octanol–water partition coefficient (Wildman–Crippen LogP) is 5.40. The summed E-state index contributed by atoms with van der Waals surface area (Å²) in [6.07, 6.45) is 15.3. The lowest BCUT2D eigenvalue weighted by atomic mass is 10.2. The first-order valence-corrected chi connectivity index (χ1v) is 11.7. The lowest BCUT2D eigenvalue weighted by molar-refractivity contribution is 0.227. The molecule has 0 atom stereocenters. The Morgan fingerprint density at radius 2 is 1.91 bits per heavy atom. The van der Waals surface area contributed by atoms with E-state index in [0.29, 0.717) is 25.0 Å². The maximum atomic E-state index is 5.81. The van der Waals surface area contributed by atoms with Crippen molar-refractivity contribution in [2.24, 2.45) is 0 Å². The average molecular weight is 448 g/mol. The number of aromatic nitrogens is 3. The SMILES string of the molecule is C1=CC=C(OCCSCCc2nnc(-c3ccc(OCc4cccnc4)cc3)o2)CC=C1. The van der Waals surface area contributed by atoms with E-state index in [1.165, 1.54) is 0 Å². The van der Waals surface area contributed by atoms with Gasteiger partial charge in [0.2, 0.25) is 11.8 Å². The van der Waals surface area contributed by atoms with Gasteiger partial charge in [-0.15, -0.1) is 10.2 Å². The third-order valence-corrected chi connectivity index (χ3v) is 5.58. The molecule has 1 aliphatic rings. The van der Waals surface area contributed by atoms with Gasteiger partial charge in [0.1, 0.15) is 12.4 Å². The molecule has 32 heavy (non-hydrogen) atoms. The van der Waals surface area contributed by atoms with Crippen LogP contribution in [-0.2, 0) is 17.8 Å². The molecule has 4 rings (SSSR count). The second-order valence-electron chi connectivity index (χ2n) is 7.04. The minimum absolute atomic E-state index is 0.478. The number of hydrogen-bond donors (Lipinski definition) is 0. The first-order valence-electron chi connectivity index (χ1n) is 10.5. The molecule has 0 saturated heterocycles. The summed E-state index contributed by atoms with van der Waals surface area (Å²) in [5, 5.41) is 8.34. The molecular formula is C25H25N3O3S. The van der Waals surface area contributed by atoms with Crippen LogP contribution in [0.5, 0.6) is 5.75 Å². The highest BCUT2D eigenvalue weighted by Crippen LogP contribution is 2.22. The van der Waals surface area contributed by atoms with Gasteiger partial charge in [0, 0.05) is 47.9 Å². The summed E-state index contributed by atoms with van der Waals surface area (Å²) in [5.41, 5.74) is 1.90. The Hall–Kier alpha value is -3.32. The van der Waals surface area contributed by atoms with Gasteiger partial charge < -0.3 is 13.9 Å². The van der Waals surface area contributed by atoms with E-state index in [0.717, 1.165) is 47.0 Å². The molecule has 6 nitrogen and oxygen atoms in total. The third kappa shape index (κ3) is 6.85. The van der Waals surface area contributed by atoms with Crippen LogP contribution in [0.1, 0.15) is 17.9 Å².